The third-order valence-electron chi connectivity index (χ3n) is 2.70. The lowest BCUT2D eigenvalue weighted by Gasteiger charge is -2.08. The van der Waals surface area contributed by atoms with Gasteiger partial charge in [-0.2, -0.15) is 0 Å². The van der Waals surface area contributed by atoms with Crippen LogP contribution >= 0.6 is 11.6 Å². The van der Waals surface area contributed by atoms with E-state index >= 15 is 0 Å². The zero-order chi connectivity index (χ0) is 11.7. The lowest BCUT2D eigenvalue weighted by molar-refractivity contribution is -0.146. The molecule has 0 radical (unpaired) electrons. The number of hydrogen-bond donors (Lipinski definition) is 0. The first-order valence-electron chi connectivity index (χ1n) is 5.04. The van der Waals surface area contributed by atoms with Gasteiger partial charge in [0.1, 0.15) is 17.8 Å². The monoisotopic (exact) mass is 238 g/mol. The molecule has 84 valence electrons. The Balaban J connectivity index is 2.20. The summed E-state index contributed by atoms with van der Waals surface area (Å²) in [6, 6.07) is 7.14. The molecule has 0 spiro atoms. The number of cyclic esters (lactones) is 1. The Morgan fingerprint density at radius 2 is 2.25 bits per heavy atom. The minimum absolute atomic E-state index is 0.144. The third kappa shape index (κ3) is 2.09. The molecular formula is C12H11ClO3. The molecule has 0 unspecified atom stereocenters. The van der Waals surface area contributed by atoms with Crippen LogP contribution < -0.4 is 0 Å². The van der Waals surface area contributed by atoms with Crippen LogP contribution in [-0.4, -0.2) is 11.8 Å². The molecule has 2 atom stereocenters. The summed E-state index contributed by atoms with van der Waals surface area (Å²) in [5, 5.41) is 0.597. The van der Waals surface area contributed by atoms with Crippen molar-refractivity contribution in [3.63, 3.8) is 0 Å². The number of hydrogen-bond acceptors (Lipinski definition) is 3. The molecule has 16 heavy (non-hydrogen) atoms. The van der Waals surface area contributed by atoms with E-state index in [-0.39, 0.29) is 11.9 Å². The molecule has 1 saturated heterocycles. The predicted octanol–water partition coefficient (Wildman–Crippen LogP) is 2.53. The largest absolute Gasteiger partial charge is 0.457 e. The van der Waals surface area contributed by atoms with E-state index in [1.807, 2.05) is 6.07 Å². The van der Waals surface area contributed by atoms with Crippen LogP contribution in [0.25, 0.3) is 0 Å². The molecular weight excluding hydrogens is 228 g/mol. The summed E-state index contributed by atoms with van der Waals surface area (Å²) < 4.78 is 5.16. The van der Waals surface area contributed by atoms with Crippen molar-refractivity contribution >= 4 is 23.4 Å². The summed E-state index contributed by atoms with van der Waals surface area (Å²) >= 11 is 5.85. The molecule has 3 nitrogen and oxygen atoms in total. The summed E-state index contributed by atoms with van der Waals surface area (Å²) in [6.45, 7) is 1.41. The van der Waals surface area contributed by atoms with Gasteiger partial charge in [-0.1, -0.05) is 23.7 Å². The second-order valence-corrected chi connectivity index (χ2v) is 4.32. The maximum absolute atomic E-state index is 11.4. The van der Waals surface area contributed by atoms with Crippen molar-refractivity contribution in [1.82, 2.24) is 0 Å². The molecule has 2 rings (SSSR count). The number of ether oxygens (including phenoxy) is 1. The van der Waals surface area contributed by atoms with Crippen molar-refractivity contribution in [1.29, 1.82) is 0 Å². The van der Waals surface area contributed by atoms with Crippen molar-refractivity contribution in [2.24, 2.45) is 5.92 Å². The van der Waals surface area contributed by atoms with Gasteiger partial charge in [0.2, 0.25) is 0 Å². The number of ketones is 1. The van der Waals surface area contributed by atoms with Crippen molar-refractivity contribution in [2.75, 3.05) is 0 Å². The van der Waals surface area contributed by atoms with Crippen LogP contribution in [0.5, 0.6) is 0 Å². The first-order valence-corrected chi connectivity index (χ1v) is 5.42. The first kappa shape index (κ1) is 11.1. The Morgan fingerprint density at radius 3 is 2.81 bits per heavy atom. The van der Waals surface area contributed by atoms with Crippen LogP contribution in [0, 0.1) is 5.92 Å². The Hall–Kier alpha value is -1.35. The van der Waals surface area contributed by atoms with Gasteiger partial charge in [0.05, 0.1) is 0 Å². The molecule has 1 aromatic carbocycles. The maximum Gasteiger partial charge on any atom is 0.317 e. The fourth-order valence-corrected chi connectivity index (χ4v) is 2.02. The Kier molecular flexibility index (Phi) is 2.97. The highest BCUT2D eigenvalue weighted by molar-refractivity contribution is 6.30. The number of Topliss-reactive ketones (excluding diaryl/α,β-unsaturated/α-hetero) is 1. The molecule has 0 amide bonds. The van der Waals surface area contributed by atoms with Gasteiger partial charge in [0.15, 0.2) is 0 Å². The molecule has 0 N–H and O–H groups in total. The van der Waals surface area contributed by atoms with Crippen LogP contribution in [0.15, 0.2) is 24.3 Å². The average molecular weight is 239 g/mol. The minimum Gasteiger partial charge on any atom is -0.457 e. The average Bonchev–Trinajstić information content (AvgIpc) is 2.60. The van der Waals surface area contributed by atoms with E-state index in [0.717, 1.165) is 5.56 Å². The van der Waals surface area contributed by atoms with Crippen LogP contribution in [0.3, 0.4) is 0 Å². The maximum atomic E-state index is 11.4. The van der Waals surface area contributed by atoms with Gasteiger partial charge in [0.25, 0.3) is 0 Å². The second kappa shape index (κ2) is 4.26. The van der Waals surface area contributed by atoms with Gasteiger partial charge in [-0.3, -0.25) is 9.59 Å². The summed E-state index contributed by atoms with van der Waals surface area (Å²) in [5.74, 6) is -1.20. The number of esters is 1. The fraction of sp³-hybridized carbons (Fsp3) is 0.333. The normalized spacial score (nSPS) is 24.2. The van der Waals surface area contributed by atoms with Gasteiger partial charge in [-0.05, 0) is 24.6 Å². The SMILES string of the molecule is CC(=O)[C@@H]1C[C@@H](c2cccc(Cl)c2)OC1=O. The minimum atomic E-state index is -0.621. The number of carbonyl (C=O) groups excluding carboxylic acids is 2. The van der Waals surface area contributed by atoms with Crippen molar-refractivity contribution in [3.05, 3.63) is 34.9 Å². The smallest absolute Gasteiger partial charge is 0.317 e. The molecule has 0 aliphatic carbocycles. The zero-order valence-corrected chi connectivity index (χ0v) is 9.53. The highest BCUT2D eigenvalue weighted by Gasteiger charge is 2.38. The summed E-state index contributed by atoms with van der Waals surface area (Å²) in [4.78, 5) is 22.6. The van der Waals surface area contributed by atoms with Crippen LogP contribution in [-0.2, 0) is 14.3 Å². The predicted molar refractivity (Wildman–Crippen MR) is 59.1 cm³/mol. The molecule has 1 fully saturated rings. The zero-order valence-electron chi connectivity index (χ0n) is 8.77. The summed E-state index contributed by atoms with van der Waals surface area (Å²) in [7, 11) is 0. The van der Waals surface area contributed by atoms with E-state index in [9.17, 15) is 9.59 Å². The molecule has 1 aliphatic rings. The fourth-order valence-electron chi connectivity index (χ4n) is 1.82. The van der Waals surface area contributed by atoms with E-state index in [1.54, 1.807) is 18.2 Å². The van der Waals surface area contributed by atoms with E-state index in [4.69, 9.17) is 16.3 Å². The van der Waals surface area contributed by atoms with Gasteiger partial charge >= 0.3 is 5.97 Å². The quantitative estimate of drug-likeness (QED) is 0.587. The molecule has 0 aromatic heterocycles. The van der Waals surface area contributed by atoms with Gasteiger partial charge in [0, 0.05) is 11.4 Å². The standard InChI is InChI=1S/C12H11ClO3/c1-7(14)10-6-11(16-12(10)15)8-3-2-4-9(13)5-8/h2-5,10-11H,6H2,1H3/t10-,11-/m0/s1. The van der Waals surface area contributed by atoms with E-state index < -0.39 is 11.9 Å². The van der Waals surface area contributed by atoms with Gasteiger partial charge < -0.3 is 4.74 Å². The van der Waals surface area contributed by atoms with Gasteiger partial charge in [-0.15, -0.1) is 0 Å². The van der Waals surface area contributed by atoms with E-state index in [2.05, 4.69) is 0 Å². The highest BCUT2D eigenvalue weighted by Crippen LogP contribution is 2.34. The van der Waals surface area contributed by atoms with E-state index in [0.29, 0.717) is 11.4 Å². The molecule has 1 aromatic rings. The van der Waals surface area contributed by atoms with Crippen molar-refractivity contribution in [2.45, 2.75) is 19.4 Å². The molecule has 1 aliphatic heterocycles. The number of rotatable bonds is 2. The van der Waals surface area contributed by atoms with Gasteiger partial charge in [-0.25, -0.2) is 0 Å². The summed E-state index contributed by atoms with van der Waals surface area (Å²) in [5.41, 5.74) is 0.838. The molecule has 1 heterocycles. The molecule has 0 bridgehead atoms. The molecule has 4 heteroatoms. The lowest BCUT2D eigenvalue weighted by Crippen LogP contribution is -2.15. The Labute approximate surface area is 98.4 Å². The van der Waals surface area contributed by atoms with Crippen molar-refractivity contribution < 1.29 is 14.3 Å². The van der Waals surface area contributed by atoms with Crippen LogP contribution in [0.2, 0.25) is 5.02 Å². The Bertz CT molecular complexity index is 442. The first-order chi connectivity index (χ1) is 7.58. The number of halogens is 1. The number of benzene rings is 1. The lowest BCUT2D eigenvalue weighted by atomic mass is 9.97. The topological polar surface area (TPSA) is 43.4 Å². The summed E-state index contributed by atoms with van der Waals surface area (Å²) in [6.07, 6.45) is 0.0641. The highest BCUT2D eigenvalue weighted by atomic mass is 35.5. The third-order valence-corrected chi connectivity index (χ3v) is 2.94. The number of carbonyl (C=O) groups is 2. The van der Waals surface area contributed by atoms with Crippen LogP contribution in [0.1, 0.15) is 25.0 Å². The molecule has 0 saturated carbocycles. The second-order valence-electron chi connectivity index (χ2n) is 3.88. The van der Waals surface area contributed by atoms with E-state index in [1.165, 1.54) is 6.92 Å². The van der Waals surface area contributed by atoms with Crippen LogP contribution in [0.4, 0.5) is 0 Å². The van der Waals surface area contributed by atoms with Crippen molar-refractivity contribution in [3.8, 4) is 0 Å². The Morgan fingerprint density at radius 1 is 1.50 bits per heavy atom.